The van der Waals surface area contributed by atoms with E-state index in [4.69, 9.17) is 4.74 Å². The first-order valence-electron chi connectivity index (χ1n) is 8.80. The Hall–Kier alpha value is -2.16. The van der Waals surface area contributed by atoms with Gasteiger partial charge in [0.1, 0.15) is 12.2 Å². The molecule has 0 aromatic carbocycles. The highest BCUT2D eigenvalue weighted by atomic mass is 32.1. The summed E-state index contributed by atoms with van der Waals surface area (Å²) in [5.41, 5.74) is 3.96. The Kier molecular flexibility index (Phi) is 3.84. The molecule has 1 atom stereocenters. The van der Waals surface area contributed by atoms with Crippen molar-refractivity contribution in [2.45, 2.75) is 38.6 Å². The number of rotatable bonds is 3. The van der Waals surface area contributed by atoms with Crippen molar-refractivity contribution in [2.24, 2.45) is 0 Å². The molecule has 0 aliphatic carbocycles. The molecule has 0 N–H and O–H groups in total. The summed E-state index contributed by atoms with van der Waals surface area (Å²) in [6, 6.07) is 3.96. The van der Waals surface area contributed by atoms with Gasteiger partial charge in [-0.3, -0.25) is 9.88 Å². The summed E-state index contributed by atoms with van der Waals surface area (Å²) in [6.07, 6.45) is 4.61. The van der Waals surface area contributed by atoms with Gasteiger partial charge in [0, 0.05) is 42.5 Å². The summed E-state index contributed by atoms with van der Waals surface area (Å²) in [4.78, 5) is 12.3. The van der Waals surface area contributed by atoms with Gasteiger partial charge in [-0.2, -0.15) is 0 Å². The van der Waals surface area contributed by atoms with Gasteiger partial charge >= 0.3 is 0 Å². The lowest BCUT2D eigenvalue weighted by atomic mass is 10.0. The zero-order chi connectivity index (χ0) is 17.6. The van der Waals surface area contributed by atoms with Gasteiger partial charge in [-0.05, 0) is 25.5 Å². The van der Waals surface area contributed by atoms with Crippen LogP contribution in [0.5, 0.6) is 0 Å². The van der Waals surface area contributed by atoms with Crippen LogP contribution < -0.4 is 0 Å². The fraction of sp³-hybridized carbons (Fsp3) is 0.444. The summed E-state index contributed by atoms with van der Waals surface area (Å²) >= 11 is 1.74. The first-order chi connectivity index (χ1) is 12.7. The largest absolute Gasteiger partial charge is 0.364 e. The smallest absolute Gasteiger partial charge is 0.164 e. The average Bonchev–Trinajstić information content (AvgIpc) is 3.36. The van der Waals surface area contributed by atoms with Crippen molar-refractivity contribution in [1.29, 1.82) is 0 Å². The molecule has 1 spiro atoms. The van der Waals surface area contributed by atoms with E-state index in [1.54, 1.807) is 23.7 Å². The molecule has 8 heteroatoms. The van der Waals surface area contributed by atoms with Gasteiger partial charge in [0.25, 0.3) is 0 Å². The quantitative estimate of drug-likeness (QED) is 0.706. The van der Waals surface area contributed by atoms with Crippen molar-refractivity contribution in [2.75, 3.05) is 13.1 Å². The predicted octanol–water partition coefficient (Wildman–Crippen LogP) is 2.28. The fourth-order valence-electron chi connectivity index (χ4n) is 3.86. The Morgan fingerprint density at radius 3 is 2.92 bits per heavy atom. The van der Waals surface area contributed by atoms with Crippen LogP contribution in [0.3, 0.4) is 0 Å². The number of likely N-dealkylation sites (tertiary alicyclic amines) is 1. The van der Waals surface area contributed by atoms with Crippen LogP contribution in [-0.2, 0) is 24.4 Å². The SMILES string of the molecule is Cc1ncsc1CN1CCC2(C1)Cn1c(nnc1-c1ccncc1)CO2. The summed E-state index contributed by atoms with van der Waals surface area (Å²) in [5, 5.41) is 8.73. The maximum atomic E-state index is 6.29. The molecule has 1 saturated heterocycles. The van der Waals surface area contributed by atoms with Crippen LogP contribution in [-0.4, -0.2) is 48.3 Å². The van der Waals surface area contributed by atoms with Gasteiger partial charge < -0.3 is 9.30 Å². The van der Waals surface area contributed by atoms with Crippen LogP contribution in [0.1, 0.15) is 22.8 Å². The third kappa shape index (κ3) is 2.74. The molecule has 2 aliphatic heterocycles. The van der Waals surface area contributed by atoms with E-state index in [1.165, 1.54) is 4.88 Å². The van der Waals surface area contributed by atoms with E-state index in [0.717, 1.165) is 55.5 Å². The molecule has 7 nitrogen and oxygen atoms in total. The van der Waals surface area contributed by atoms with Crippen molar-refractivity contribution < 1.29 is 4.74 Å². The second kappa shape index (κ2) is 6.22. The highest BCUT2D eigenvalue weighted by Crippen LogP contribution is 2.35. The molecule has 134 valence electrons. The lowest BCUT2D eigenvalue weighted by Crippen LogP contribution is -2.44. The van der Waals surface area contributed by atoms with E-state index in [2.05, 4.69) is 36.6 Å². The van der Waals surface area contributed by atoms with Gasteiger partial charge in [0.05, 0.1) is 17.7 Å². The van der Waals surface area contributed by atoms with Gasteiger partial charge in [-0.15, -0.1) is 21.5 Å². The first kappa shape index (κ1) is 16.0. The van der Waals surface area contributed by atoms with Gasteiger partial charge in [0.2, 0.25) is 0 Å². The van der Waals surface area contributed by atoms with Crippen molar-refractivity contribution >= 4 is 11.3 Å². The van der Waals surface area contributed by atoms with Crippen molar-refractivity contribution in [3.8, 4) is 11.4 Å². The number of thiazole rings is 1. The number of nitrogens with zero attached hydrogens (tertiary/aromatic N) is 6. The Bertz CT molecular complexity index is 923. The summed E-state index contributed by atoms with van der Waals surface area (Å²) in [5.74, 6) is 1.81. The van der Waals surface area contributed by atoms with E-state index >= 15 is 0 Å². The predicted molar refractivity (Wildman–Crippen MR) is 97.5 cm³/mol. The molecule has 3 aromatic heterocycles. The Balaban J connectivity index is 1.37. The lowest BCUT2D eigenvalue weighted by molar-refractivity contribution is -0.0821. The van der Waals surface area contributed by atoms with Crippen LogP contribution in [0.15, 0.2) is 30.0 Å². The highest BCUT2D eigenvalue weighted by Gasteiger charge is 2.43. The number of fused-ring (bicyclic) bond motifs is 1. The minimum absolute atomic E-state index is 0.157. The van der Waals surface area contributed by atoms with Crippen LogP contribution in [0, 0.1) is 6.92 Å². The Morgan fingerprint density at radius 1 is 1.23 bits per heavy atom. The molecule has 0 bridgehead atoms. The molecule has 0 amide bonds. The lowest BCUT2D eigenvalue weighted by Gasteiger charge is -2.34. The van der Waals surface area contributed by atoms with E-state index in [1.807, 2.05) is 17.6 Å². The fourth-order valence-corrected chi connectivity index (χ4v) is 4.68. The summed E-state index contributed by atoms with van der Waals surface area (Å²) in [6.45, 7) is 6.32. The normalized spacial score (nSPS) is 22.8. The van der Waals surface area contributed by atoms with E-state index in [-0.39, 0.29) is 5.60 Å². The zero-order valence-corrected chi connectivity index (χ0v) is 15.4. The molecule has 3 aromatic rings. The molecule has 0 saturated carbocycles. The molecule has 26 heavy (non-hydrogen) atoms. The number of aromatic nitrogens is 5. The second-order valence-corrected chi connectivity index (χ2v) is 7.99. The monoisotopic (exact) mass is 368 g/mol. The minimum atomic E-state index is -0.157. The standard InChI is InChI=1S/C18H20N6OS/c1-13-15(26-12-20-13)8-23-7-4-18(10-23)11-24-16(9-25-18)21-22-17(24)14-2-5-19-6-3-14/h2-3,5-6,12H,4,7-11H2,1H3. The van der Waals surface area contributed by atoms with E-state index in [0.29, 0.717) is 6.61 Å². The van der Waals surface area contributed by atoms with Gasteiger partial charge in [-0.25, -0.2) is 4.98 Å². The molecular formula is C18H20N6OS. The van der Waals surface area contributed by atoms with Crippen molar-refractivity contribution in [3.05, 3.63) is 46.4 Å². The minimum Gasteiger partial charge on any atom is -0.364 e. The summed E-state index contributed by atoms with van der Waals surface area (Å²) < 4.78 is 8.51. The molecule has 1 unspecified atom stereocenters. The molecule has 5 rings (SSSR count). The van der Waals surface area contributed by atoms with Crippen molar-refractivity contribution in [1.82, 2.24) is 29.6 Å². The number of ether oxygens (including phenoxy) is 1. The topological polar surface area (TPSA) is 69.0 Å². The number of hydrogen-bond donors (Lipinski definition) is 0. The molecule has 0 radical (unpaired) electrons. The van der Waals surface area contributed by atoms with E-state index < -0.39 is 0 Å². The first-order valence-corrected chi connectivity index (χ1v) is 9.68. The highest BCUT2D eigenvalue weighted by molar-refractivity contribution is 7.09. The van der Waals surface area contributed by atoms with E-state index in [9.17, 15) is 0 Å². The number of aryl methyl sites for hydroxylation is 1. The van der Waals surface area contributed by atoms with Gasteiger partial charge in [0.15, 0.2) is 11.6 Å². The Morgan fingerprint density at radius 2 is 2.12 bits per heavy atom. The molecule has 5 heterocycles. The average molecular weight is 368 g/mol. The maximum absolute atomic E-state index is 6.29. The zero-order valence-electron chi connectivity index (χ0n) is 14.6. The van der Waals surface area contributed by atoms with Crippen molar-refractivity contribution in [3.63, 3.8) is 0 Å². The second-order valence-electron chi connectivity index (χ2n) is 7.06. The van der Waals surface area contributed by atoms with Crippen LogP contribution in [0.25, 0.3) is 11.4 Å². The number of pyridine rings is 1. The summed E-state index contributed by atoms with van der Waals surface area (Å²) in [7, 11) is 0. The number of hydrogen-bond acceptors (Lipinski definition) is 7. The third-order valence-corrected chi connectivity index (χ3v) is 6.25. The Labute approximate surface area is 155 Å². The molecule has 1 fully saturated rings. The maximum Gasteiger partial charge on any atom is 0.164 e. The third-order valence-electron chi connectivity index (χ3n) is 5.33. The van der Waals surface area contributed by atoms with Crippen LogP contribution in [0.2, 0.25) is 0 Å². The molecular weight excluding hydrogens is 348 g/mol. The van der Waals surface area contributed by atoms with Crippen LogP contribution in [0.4, 0.5) is 0 Å². The molecule has 2 aliphatic rings. The van der Waals surface area contributed by atoms with Gasteiger partial charge in [-0.1, -0.05) is 0 Å². The van der Waals surface area contributed by atoms with Crippen LogP contribution >= 0.6 is 11.3 Å².